The van der Waals surface area contributed by atoms with Crippen molar-refractivity contribution < 1.29 is 24.2 Å². The van der Waals surface area contributed by atoms with Crippen LogP contribution < -0.4 is 15.8 Å². The highest BCUT2D eigenvalue weighted by Crippen LogP contribution is 2.13. The Hall–Kier alpha value is -2.64. The molecule has 8 heteroatoms. The third-order valence-electron chi connectivity index (χ3n) is 2.22. The molecule has 1 unspecified atom stereocenters. The van der Waals surface area contributed by atoms with E-state index in [1.807, 2.05) is 0 Å². The highest BCUT2D eigenvalue weighted by Gasteiger charge is 2.24. The number of nitrogens with zero attached hydrogens (tertiary/aromatic N) is 1. The highest BCUT2D eigenvalue weighted by atomic mass is 16.5. The van der Waals surface area contributed by atoms with Gasteiger partial charge in [0.25, 0.3) is 5.91 Å². The molecule has 0 radical (unpaired) electrons. The van der Waals surface area contributed by atoms with Gasteiger partial charge in [0.15, 0.2) is 0 Å². The van der Waals surface area contributed by atoms with Gasteiger partial charge in [0, 0.05) is 6.20 Å². The van der Waals surface area contributed by atoms with Crippen LogP contribution in [0.2, 0.25) is 0 Å². The van der Waals surface area contributed by atoms with Crippen LogP contribution in [0.15, 0.2) is 18.3 Å². The van der Waals surface area contributed by atoms with Crippen LogP contribution in [0, 0.1) is 0 Å². The average Bonchev–Trinajstić information content (AvgIpc) is 2.37. The van der Waals surface area contributed by atoms with E-state index in [-0.39, 0.29) is 11.4 Å². The van der Waals surface area contributed by atoms with Crippen molar-refractivity contribution in [3.05, 3.63) is 23.9 Å². The molecular formula is C11H13N3O5. The Morgan fingerprint density at radius 2 is 2.21 bits per heavy atom. The minimum atomic E-state index is -1.39. The molecule has 0 aliphatic rings. The quantitative estimate of drug-likeness (QED) is 0.615. The fraction of sp³-hybridized carbons (Fsp3) is 0.273. The van der Waals surface area contributed by atoms with Crippen molar-refractivity contribution in [2.75, 3.05) is 7.11 Å². The minimum absolute atomic E-state index is 0.0585. The lowest BCUT2D eigenvalue weighted by Gasteiger charge is -2.13. The maximum absolute atomic E-state index is 11.9. The Kier molecular flexibility index (Phi) is 4.81. The fourth-order valence-electron chi connectivity index (χ4n) is 1.36. The Bertz CT molecular complexity index is 503. The van der Waals surface area contributed by atoms with Crippen molar-refractivity contribution in [3.8, 4) is 5.88 Å². The molecule has 0 aromatic carbocycles. The summed E-state index contributed by atoms with van der Waals surface area (Å²) in [5, 5.41) is 11.1. The summed E-state index contributed by atoms with van der Waals surface area (Å²) in [6.07, 6.45) is 0.928. The standard InChI is InChI=1S/C11H13N3O5/c1-19-10-6(3-2-4-13-10)9(16)14-7(11(17)18)5-8(12)15/h2-4,7H,5H2,1H3,(H2,12,15)(H,14,16)(H,17,18). The van der Waals surface area contributed by atoms with E-state index in [4.69, 9.17) is 15.6 Å². The number of pyridine rings is 1. The van der Waals surface area contributed by atoms with E-state index in [0.29, 0.717) is 0 Å². The van der Waals surface area contributed by atoms with Crippen LogP contribution >= 0.6 is 0 Å². The molecule has 1 aromatic rings. The topological polar surface area (TPSA) is 132 Å². The van der Waals surface area contributed by atoms with Crippen LogP contribution in [0.3, 0.4) is 0 Å². The number of ether oxygens (including phenoxy) is 1. The number of amides is 2. The second-order valence-electron chi connectivity index (χ2n) is 3.59. The number of hydrogen-bond acceptors (Lipinski definition) is 5. The number of carbonyl (C=O) groups is 3. The van der Waals surface area contributed by atoms with Crippen LogP contribution in [0.25, 0.3) is 0 Å². The molecule has 1 rings (SSSR count). The molecule has 0 aliphatic carbocycles. The van der Waals surface area contributed by atoms with Crippen molar-refractivity contribution in [1.29, 1.82) is 0 Å². The van der Waals surface area contributed by atoms with Crippen LogP contribution in [-0.2, 0) is 9.59 Å². The van der Waals surface area contributed by atoms with Crippen molar-refractivity contribution >= 4 is 17.8 Å². The summed E-state index contributed by atoms with van der Waals surface area (Å²) in [5.74, 6) is -2.83. The van der Waals surface area contributed by atoms with Gasteiger partial charge in [0.05, 0.1) is 13.5 Å². The van der Waals surface area contributed by atoms with Gasteiger partial charge in [-0.15, -0.1) is 0 Å². The Balaban J connectivity index is 2.87. The zero-order chi connectivity index (χ0) is 14.4. The lowest BCUT2D eigenvalue weighted by molar-refractivity contribution is -0.140. The van der Waals surface area contributed by atoms with Gasteiger partial charge in [-0.05, 0) is 12.1 Å². The van der Waals surface area contributed by atoms with Gasteiger partial charge >= 0.3 is 5.97 Å². The van der Waals surface area contributed by atoms with E-state index >= 15 is 0 Å². The lowest BCUT2D eigenvalue weighted by Crippen LogP contribution is -2.43. The molecule has 0 fully saturated rings. The smallest absolute Gasteiger partial charge is 0.326 e. The summed E-state index contributed by atoms with van der Waals surface area (Å²) in [5.41, 5.74) is 4.98. The number of primary amides is 1. The lowest BCUT2D eigenvalue weighted by atomic mass is 10.1. The largest absolute Gasteiger partial charge is 0.480 e. The number of nitrogens with one attached hydrogen (secondary N) is 1. The Labute approximate surface area is 108 Å². The van der Waals surface area contributed by atoms with Gasteiger partial charge in [0.2, 0.25) is 11.8 Å². The molecule has 102 valence electrons. The normalized spacial score (nSPS) is 11.4. The van der Waals surface area contributed by atoms with Gasteiger partial charge in [-0.25, -0.2) is 9.78 Å². The summed E-state index contributed by atoms with van der Waals surface area (Å²) in [6.45, 7) is 0. The first-order chi connectivity index (χ1) is 8.95. The second kappa shape index (κ2) is 6.34. The number of aromatic nitrogens is 1. The van der Waals surface area contributed by atoms with Gasteiger partial charge in [0.1, 0.15) is 11.6 Å². The summed E-state index contributed by atoms with van der Waals surface area (Å²) in [7, 11) is 1.33. The molecule has 0 saturated heterocycles. The number of carboxylic acid groups (broad SMARTS) is 1. The van der Waals surface area contributed by atoms with Crippen molar-refractivity contribution in [1.82, 2.24) is 10.3 Å². The predicted octanol–water partition coefficient (Wildman–Crippen LogP) is -0.851. The molecule has 0 bridgehead atoms. The Morgan fingerprint density at radius 1 is 1.53 bits per heavy atom. The predicted molar refractivity (Wildman–Crippen MR) is 63.5 cm³/mol. The SMILES string of the molecule is COc1ncccc1C(=O)NC(CC(N)=O)C(=O)O. The fourth-order valence-corrected chi connectivity index (χ4v) is 1.36. The van der Waals surface area contributed by atoms with Crippen molar-refractivity contribution in [3.63, 3.8) is 0 Å². The molecule has 19 heavy (non-hydrogen) atoms. The summed E-state index contributed by atoms with van der Waals surface area (Å²) in [4.78, 5) is 37.3. The van der Waals surface area contributed by atoms with Crippen LogP contribution in [0.5, 0.6) is 5.88 Å². The van der Waals surface area contributed by atoms with Gasteiger partial charge in [-0.2, -0.15) is 0 Å². The highest BCUT2D eigenvalue weighted by molar-refractivity contribution is 5.99. The zero-order valence-electron chi connectivity index (χ0n) is 10.1. The molecule has 1 heterocycles. The molecule has 0 aliphatic heterocycles. The number of rotatable bonds is 6. The molecule has 1 atom stereocenters. The summed E-state index contributed by atoms with van der Waals surface area (Å²) < 4.78 is 4.88. The van der Waals surface area contributed by atoms with E-state index in [1.54, 1.807) is 0 Å². The summed E-state index contributed by atoms with van der Waals surface area (Å²) >= 11 is 0. The molecule has 1 aromatic heterocycles. The van der Waals surface area contributed by atoms with E-state index in [1.165, 1.54) is 25.4 Å². The summed E-state index contributed by atoms with van der Waals surface area (Å²) in [6, 6.07) is 1.53. The van der Waals surface area contributed by atoms with Crippen molar-refractivity contribution in [2.24, 2.45) is 5.73 Å². The molecule has 0 saturated carbocycles. The monoisotopic (exact) mass is 267 g/mol. The number of hydrogen-bond donors (Lipinski definition) is 3. The first-order valence-electron chi connectivity index (χ1n) is 5.26. The first kappa shape index (κ1) is 14.4. The van der Waals surface area contributed by atoms with E-state index in [0.717, 1.165) is 0 Å². The van der Waals surface area contributed by atoms with Gasteiger partial charge < -0.3 is 20.9 Å². The number of carboxylic acids is 1. The Morgan fingerprint density at radius 3 is 2.74 bits per heavy atom. The maximum Gasteiger partial charge on any atom is 0.326 e. The van der Waals surface area contributed by atoms with E-state index in [9.17, 15) is 14.4 Å². The zero-order valence-corrected chi connectivity index (χ0v) is 10.1. The van der Waals surface area contributed by atoms with E-state index in [2.05, 4.69) is 10.3 Å². The third-order valence-corrected chi connectivity index (χ3v) is 2.22. The van der Waals surface area contributed by atoms with E-state index < -0.39 is 30.2 Å². The molecular weight excluding hydrogens is 254 g/mol. The van der Waals surface area contributed by atoms with Crippen molar-refractivity contribution in [2.45, 2.75) is 12.5 Å². The number of methoxy groups -OCH3 is 1. The first-order valence-corrected chi connectivity index (χ1v) is 5.26. The molecule has 4 N–H and O–H groups in total. The number of nitrogens with two attached hydrogens (primary N) is 1. The molecule has 0 spiro atoms. The van der Waals surface area contributed by atoms with Gasteiger partial charge in [-0.3, -0.25) is 9.59 Å². The van der Waals surface area contributed by atoms with Crippen LogP contribution in [-0.4, -0.2) is 41.0 Å². The van der Waals surface area contributed by atoms with Gasteiger partial charge in [-0.1, -0.05) is 0 Å². The van der Waals surface area contributed by atoms with Crippen LogP contribution in [0.4, 0.5) is 0 Å². The average molecular weight is 267 g/mol. The molecule has 2 amide bonds. The third kappa shape index (κ3) is 3.95. The second-order valence-corrected chi connectivity index (χ2v) is 3.59. The maximum atomic E-state index is 11.9. The minimum Gasteiger partial charge on any atom is -0.480 e. The van der Waals surface area contributed by atoms with Crippen LogP contribution in [0.1, 0.15) is 16.8 Å². The molecule has 8 nitrogen and oxygen atoms in total. The number of aliphatic carboxylic acids is 1. The number of carbonyl (C=O) groups excluding carboxylic acids is 2.